The number of carbonyl (C=O) groups is 3. The first-order chi connectivity index (χ1) is 14.6. The highest BCUT2D eigenvalue weighted by Crippen LogP contribution is 2.18. The summed E-state index contributed by atoms with van der Waals surface area (Å²) in [6, 6.07) is 10.6. The quantitative estimate of drug-likeness (QED) is 0.330. The standard InChI is InChI=1S/C21H20BrN3O6/c1-12(2)18(21(28)29)24-20(27)17(11-13-6-5-7-14(10-13)25(30)31)23-19(26)15-8-3-4-9-16(15)22/h3-12,18H,1-2H3,(H,23,26)(H,24,27)(H,28,29)/p-1/b17-11-/t18-/m0/s1. The van der Waals surface area contributed by atoms with Gasteiger partial charge in [0.2, 0.25) is 0 Å². The maximum absolute atomic E-state index is 12.8. The van der Waals surface area contributed by atoms with Crippen molar-refractivity contribution >= 4 is 45.5 Å². The molecule has 0 unspecified atom stereocenters. The van der Waals surface area contributed by atoms with Gasteiger partial charge in [-0.1, -0.05) is 38.1 Å². The van der Waals surface area contributed by atoms with E-state index in [9.17, 15) is 29.6 Å². The van der Waals surface area contributed by atoms with Crippen LogP contribution in [0, 0.1) is 16.0 Å². The minimum absolute atomic E-state index is 0.208. The molecule has 2 N–H and O–H groups in total. The number of hydrogen-bond donors (Lipinski definition) is 2. The molecule has 1 atom stereocenters. The third-order valence-corrected chi connectivity index (χ3v) is 4.90. The lowest BCUT2D eigenvalue weighted by molar-refractivity contribution is -0.384. The van der Waals surface area contributed by atoms with Gasteiger partial charge in [0.15, 0.2) is 0 Å². The molecule has 0 heterocycles. The molecule has 0 saturated heterocycles. The number of carboxylic acid groups (broad SMARTS) is 1. The minimum Gasteiger partial charge on any atom is -0.548 e. The second-order valence-electron chi connectivity index (χ2n) is 6.86. The van der Waals surface area contributed by atoms with Crippen molar-refractivity contribution in [2.75, 3.05) is 0 Å². The molecule has 0 aliphatic carbocycles. The number of carbonyl (C=O) groups excluding carboxylic acids is 3. The molecule has 0 bridgehead atoms. The van der Waals surface area contributed by atoms with E-state index in [-0.39, 0.29) is 22.5 Å². The summed E-state index contributed by atoms with van der Waals surface area (Å²) in [4.78, 5) is 47.3. The zero-order valence-corrected chi connectivity index (χ0v) is 18.2. The van der Waals surface area contributed by atoms with E-state index in [1.165, 1.54) is 36.4 Å². The van der Waals surface area contributed by atoms with E-state index in [0.29, 0.717) is 4.47 Å². The van der Waals surface area contributed by atoms with Gasteiger partial charge in [0.25, 0.3) is 17.5 Å². The van der Waals surface area contributed by atoms with Gasteiger partial charge in [-0.3, -0.25) is 19.7 Å². The first kappa shape index (κ1) is 23.7. The number of nitro groups is 1. The highest BCUT2D eigenvalue weighted by molar-refractivity contribution is 9.10. The first-order valence-corrected chi connectivity index (χ1v) is 9.93. The van der Waals surface area contributed by atoms with Crippen LogP contribution in [0.2, 0.25) is 0 Å². The van der Waals surface area contributed by atoms with Gasteiger partial charge in [-0.15, -0.1) is 0 Å². The first-order valence-electron chi connectivity index (χ1n) is 9.14. The molecule has 2 aromatic rings. The Morgan fingerprint density at radius 3 is 2.35 bits per heavy atom. The van der Waals surface area contributed by atoms with Crippen LogP contribution in [0.25, 0.3) is 6.08 Å². The summed E-state index contributed by atoms with van der Waals surface area (Å²) in [5.74, 6) is -3.47. The van der Waals surface area contributed by atoms with Gasteiger partial charge < -0.3 is 20.5 Å². The molecular weight excluding hydrogens is 470 g/mol. The van der Waals surface area contributed by atoms with Crippen LogP contribution in [0.15, 0.2) is 58.7 Å². The van der Waals surface area contributed by atoms with E-state index in [2.05, 4.69) is 26.6 Å². The molecule has 2 amide bonds. The fraction of sp³-hybridized carbons (Fsp3) is 0.190. The molecule has 31 heavy (non-hydrogen) atoms. The summed E-state index contributed by atoms with van der Waals surface area (Å²) >= 11 is 3.25. The van der Waals surface area contributed by atoms with E-state index < -0.39 is 34.7 Å². The summed E-state index contributed by atoms with van der Waals surface area (Å²) in [5.41, 5.74) is 0.00969. The lowest BCUT2D eigenvalue weighted by Crippen LogP contribution is -2.52. The lowest BCUT2D eigenvalue weighted by atomic mass is 10.0. The summed E-state index contributed by atoms with van der Waals surface area (Å²) in [5, 5.41) is 27.1. The van der Waals surface area contributed by atoms with Crippen LogP contribution in [-0.2, 0) is 9.59 Å². The third kappa shape index (κ3) is 6.48. The number of carboxylic acids is 1. The Morgan fingerprint density at radius 1 is 1.10 bits per heavy atom. The number of amides is 2. The van der Waals surface area contributed by atoms with Crippen molar-refractivity contribution in [3.05, 3.63) is 79.9 Å². The fourth-order valence-corrected chi connectivity index (χ4v) is 3.07. The van der Waals surface area contributed by atoms with Crippen LogP contribution in [0.3, 0.4) is 0 Å². The number of aliphatic carboxylic acids is 1. The second kappa shape index (κ2) is 10.5. The van der Waals surface area contributed by atoms with E-state index in [1.54, 1.807) is 32.0 Å². The predicted molar refractivity (Wildman–Crippen MR) is 114 cm³/mol. The van der Waals surface area contributed by atoms with Crippen molar-refractivity contribution in [1.82, 2.24) is 10.6 Å². The van der Waals surface area contributed by atoms with Gasteiger partial charge in [0.1, 0.15) is 5.70 Å². The SMILES string of the molecule is CC(C)[C@H](NC(=O)/C(=C/c1cccc([N+](=O)[O-])c1)NC(=O)c1ccccc1Br)C(=O)[O-]. The van der Waals surface area contributed by atoms with Crippen molar-refractivity contribution < 1.29 is 24.4 Å². The largest absolute Gasteiger partial charge is 0.548 e. The van der Waals surface area contributed by atoms with Crippen molar-refractivity contribution in [1.29, 1.82) is 0 Å². The number of rotatable bonds is 8. The lowest BCUT2D eigenvalue weighted by Gasteiger charge is -2.24. The van der Waals surface area contributed by atoms with Gasteiger partial charge in [-0.2, -0.15) is 0 Å². The fourth-order valence-electron chi connectivity index (χ4n) is 2.60. The van der Waals surface area contributed by atoms with Gasteiger partial charge in [-0.05, 0) is 45.6 Å². The number of nitrogens with one attached hydrogen (secondary N) is 2. The van der Waals surface area contributed by atoms with Gasteiger partial charge in [0, 0.05) is 16.6 Å². The summed E-state index contributed by atoms with van der Waals surface area (Å²) in [7, 11) is 0. The topological polar surface area (TPSA) is 141 Å². The Hall–Kier alpha value is -3.53. The maximum atomic E-state index is 12.8. The van der Waals surface area contributed by atoms with Crippen LogP contribution >= 0.6 is 15.9 Å². The van der Waals surface area contributed by atoms with Crippen molar-refractivity contribution in [3.8, 4) is 0 Å². The molecule has 0 aliphatic rings. The minimum atomic E-state index is -1.48. The molecule has 0 radical (unpaired) electrons. The molecule has 162 valence electrons. The second-order valence-corrected chi connectivity index (χ2v) is 7.71. The summed E-state index contributed by atoms with van der Waals surface area (Å²) in [6.45, 7) is 3.18. The van der Waals surface area contributed by atoms with E-state index in [4.69, 9.17) is 0 Å². The molecule has 0 fully saturated rings. The average Bonchev–Trinajstić information content (AvgIpc) is 2.71. The maximum Gasteiger partial charge on any atom is 0.270 e. The number of benzene rings is 2. The Labute approximate surface area is 186 Å². The number of non-ortho nitro benzene ring substituents is 1. The smallest absolute Gasteiger partial charge is 0.270 e. The zero-order valence-electron chi connectivity index (χ0n) is 16.6. The Morgan fingerprint density at radius 2 is 1.77 bits per heavy atom. The zero-order chi connectivity index (χ0) is 23.1. The monoisotopic (exact) mass is 488 g/mol. The van der Waals surface area contributed by atoms with Crippen LogP contribution in [0.4, 0.5) is 5.69 Å². The van der Waals surface area contributed by atoms with Crippen LogP contribution in [0.5, 0.6) is 0 Å². The van der Waals surface area contributed by atoms with E-state index in [0.717, 1.165) is 0 Å². The van der Waals surface area contributed by atoms with Gasteiger partial charge >= 0.3 is 0 Å². The molecule has 0 aliphatic heterocycles. The van der Waals surface area contributed by atoms with Crippen molar-refractivity contribution in [2.24, 2.45) is 5.92 Å². The van der Waals surface area contributed by atoms with Gasteiger partial charge in [-0.25, -0.2) is 0 Å². The van der Waals surface area contributed by atoms with Crippen LogP contribution in [0.1, 0.15) is 29.8 Å². The van der Waals surface area contributed by atoms with Gasteiger partial charge in [0.05, 0.1) is 22.5 Å². The van der Waals surface area contributed by atoms with Crippen LogP contribution in [-0.4, -0.2) is 28.7 Å². The molecule has 10 heteroatoms. The molecule has 2 aromatic carbocycles. The molecule has 0 saturated carbocycles. The van der Waals surface area contributed by atoms with Crippen LogP contribution < -0.4 is 15.7 Å². The highest BCUT2D eigenvalue weighted by atomic mass is 79.9. The Bertz CT molecular complexity index is 1050. The summed E-state index contributed by atoms with van der Waals surface area (Å²) in [6.07, 6.45) is 1.23. The molecule has 9 nitrogen and oxygen atoms in total. The van der Waals surface area contributed by atoms with Crippen molar-refractivity contribution in [2.45, 2.75) is 19.9 Å². The molecule has 0 aromatic heterocycles. The normalized spacial score (nSPS) is 12.2. The molecular formula is C21H19BrN3O6-. The highest BCUT2D eigenvalue weighted by Gasteiger charge is 2.22. The number of nitrogens with zero attached hydrogens (tertiary/aromatic N) is 1. The Kier molecular flexibility index (Phi) is 8.03. The molecule has 0 spiro atoms. The number of halogens is 1. The molecule has 2 rings (SSSR count). The Balaban J connectivity index is 2.43. The predicted octanol–water partition coefficient (Wildman–Crippen LogP) is 2.02. The third-order valence-electron chi connectivity index (χ3n) is 4.21. The summed E-state index contributed by atoms with van der Waals surface area (Å²) < 4.78 is 0.484. The van der Waals surface area contributed by atoms with Crippen molar-refractivity contribution in [3.63, 3.8) is 0 Å². The number of hydrogen-bond acceptors (Lipinski definition) is 6. The van der Waals surface area contributed by atoms with E-state index >= 15 is 0 Å². The van der Waals surface area contributed by atoms with E-state index in [1.807, 2.05) is 0 Å². The average molecular weight is 489 g/mol. The number of nitro benzene ring substituents is 1.